The van der Waals surface area contributed by atoms with Gasteiger partial charge in [0.1, 0.15) is 5.82 Å². The number of hydrogen-bond donors (Lipinski definition) is 1. The van der Waals surface area contributed by atoms with Gasteiger partial charge in [-0.05, 0) is 6.07 Å². The van der Waals surface area contributed by atoms with E-state index in [4.69, 9.17) is 4.74 Å². The SMILES string of the molecule is COc1ccc(NCCc2nccn2C)cn1. The summed E-state index contributed by atoms with van der Waals surface area (Å²) >= 11 is 0. The number of hydrogen-bond acceptors (Lipinski definition) is 4. The summed E-state index contributed by atoms with van der Waals surface area (Å²) in [6, 6.07) is 3.79. The molecule has 90 valence electrons. The summed E-state index contributed by atoms with van der Waals surface area (Å²) in [7, 11) is 3.60. The van der Waals surface area contributed by atoms with Gasteiger partial charge < -0.3 is 14.6 Å². The Kier molecular flexibility index (Phi) is 3.59. The van der Waals surface area contributed by atoms with E-state index in [0.717, 1.165) is 24.5 Å². The first-order valence-corrected chi connectivity index (χ1v) is 5.49. The molecule has 2 aromatic heterocycles. The van der Waals surface area contributed by atoms with Crippen molar-refractivity contribution in [2.45, 2.75) is 6.42 Å². The Morgan fingerprint density at radius 3 is 2.82 bits per heavy atom. The van der Waals surface area contributed by atoms with Crippen molar-refractivity contribution in [1.82, 2.24) is 14.5 Å². The first-order valence-electron chi connectivity index (χ1n) is 5.49. The van der Waals surface area contributed by atoms with E-state index < -0.39 is 0 Å². The van der Waals surface area contributed by atoms with E-state index in [1.165, 1.54) is 0 Å². The fourth-order valence-corrected chi connectivity index (χ4v) is 1.56. The summed E-state index contributed by atoms with van der Waals surface area (Å²) in [5.41, 5.74) is 0.986. The Morgan fingerprint density at radius 1 is 1.35 bits per heavy atom. The Morgan fingerprint density at radius 2 is 2.24 bits per heavy atom. The smallest absolute Gasteiger partial charge is 0.213 e. The third kappa shape index (κ3) is 2.96. The average molecular weight is 232 g/mol. The standard InChI is InChI=1S/C12H16N4O/c1-16-8-7-14-11(16)5-6-13-10-3-4-12(17-2)15-9-10/h3-4,7-9,13H,5-6H2,1-2H3. The van der Waals surface area contributed by atoms with Crippen LogP contribution in [-0.2, 0) is 13.5 Å². The number of aryl methyl sites for hydroxylation is 1. The minimum Gasteiger partial charge on any atom is -0.481 e. The minimum absolute atomic E-state index is 0.625. The molecule has 0 fully saturated rings. The molecule has 0 atom stereocenters. The van der Waals surface area contributed by atoms with Crippen LogP contribution in [0.15, 0.2) is 30.7 Å². The normalized spacial score (nSPS) is 10.2. The van der Waals surface area contributed by atoms with Crippen molar-refractivity contribution in [2.24, 2.45) is 7.05 Å². The molecule has 2 aromatic rings. The summed E-state index contributed by atoms with van der Waals surface area (Å²) in [6.07, 6.45) is 6.40. The molecular weight excluding hydrogens is 216 g/mol. The molecule has 1 N–H and O–H groups in total. The van der Waals surface area contributed by atoms with Gasteiger partial charge >= 0.3 is 0 Å². The van der Waals surface area contributed by atoms with Gasteiger partial charge in [0.2, 0.25) is 5.88 Å². The lowest BCUT2D eigenvalue weighted by molar-refractivity contribution is 0.398. The largest absolute Gasteiger partial charge is 0.481 e. The lowest BCUT2D eigenvalue weighted by Crippen LogP contribution is -2.08. The lowest BCUT2D eigenvalue weighted by atomic mass is 10.3. The van der Waals surface area contributed by atoms with Gasteiger partial charge in [-0.3, -0.25) is 0 Å². The summed E-state index contributed by atoms with van der Waals surface area (Å²) < 4.78 is 7.02. The van der Waals surface area contributed by atoms with Crippen LogP contribution in [0.3, 0.4) is 0 Å². The molecule has 0 amide bonds. The Balaban J connectivity index is 1.83. The summed E-state index contributed by atoms with van der Waals surface area (Å²) in [5, 5.41) is 3.29. The van der Waals surface area contributed by atoms with Gasteiger partial charge in [-0.25, -0.2) is 9.97 Å². The molecule has 0 saturated heterocycles. The fraction of sp³-hybridized carbons (Fsp3) is 0.333. The van der Waals surface area contributed by atoms with E-state index in [0.29, 0.717) is 5.88 Å². The molecule has 0 radical (unpaired) electrons. The fourth-order valence-electron chi connectivity index (χ4n) is 1.56. The van der Waals surface area contributed by atoms with Crippen molar-refractivity contribution >= 4 is 5.69 Å². The summed E-state index contributed by atoms with van der Waals surface area (Å²) in [5.74, 6) is 1.69. The van der Waals surface area contributed by atoms with E-state index in [1.807, 2.05) is 36.1 Å². The number of nitrogens with one attached hydrogen (secondary N) is 1. The van der Waals surface area contributed by atoms with Crippen molar-refractivity contribution < 1.29 is 4.74 Å². The van der Waals surface area contributed by atoms with E-state index >= 15 is 0 Å². The summed E-state index contributed by atoms with van der Waals surface area (Å²) in [4.78, 5) is 8.39. The van der Waals surface area contributed by atoms with Gasteiger partial charge in [-0.2, -0.15) is 0 Å². The van der Waals surface area contributed by atoms with Crippen molar-refractivity contribution in [2.75, 3.05) is 19.0 Å². The van der Waals surface area contributed by atoms with Crippen LogP contribution < -0.4 is 10.1 Å². The Bertz CT molecular complexity index is 464. The van der Waals surface area contributed by atoms with Crippen LogP contribution in [0.25, 0.3) is 0 Å². The maximum atomic E-state index is 5.00. The van der Waals surface area contributed by atoms with Crippen LogP contribution in [0.1, 0.15) is 5.82 Å². The maximum absolute atomic E-state index is 5.00. The quantitative estimate of drug-likeness (QED) is 0.848. The second kappa shape index (κ2) is 5.34. The molecule has 2 heterocycles. The van der Waals surface area contributed by atoms with Crippen LogP contribution >= 0.6 is 0 Å². The lowest BCUT2D eigenvalue weighted by Gasteiger charge is -2.06. The second-order valence-electron chi connectivity index (χ2n) is 3.72. The van der Waals surface area contributed by atoms with Crippen LogP contribution in [0.2, 0.25) is 0 Å². The zero-order chi connectivity index (χ0) is 12.1. The first-order chi connectivity index (χ1) is 8.29. The van der Waals surface area contributed by atoms with E-state index in [9.17, 15) is 0 Å². The highest BCUT2D eigenvalue weighted by Gasteiger charge is 1.99. The molecule has 0 saturated carbocycles. The van der Waals surface area contributed by atoms with Gasteiger partial charge in [0.25, 0.3) is 0 Å². The molecule has 2 rings (SSSR count). The number of nitrogens with zero attached hydrogens (tertiary/aromatic N) is 3. The van der Waals surface area contributed by atoms with Crippen molar-refractivity contribution in [3.63, 3.8) is 0 Å². The number of ether oxygens (including phenoxy) is 1. The Hall–Kier alpha value is -2.04. The molecule has 0 aromatic carbocycles. The predicted octanol–water partition coefficient (Wildman–Crippen LogP) is 1.48. The molecule has 5 nitrogen and oxygen atoms in total. The molecule has 0 aliphatic rings. The summed E-state index contributed by atoms with van der Waals surface area (Å²) in [6.45, 7) is 0.832. The maximum Gasteiger partial charge on any atom is 0.213 e. The number of pyridine rings is 1. The molecule has 0 aliphatic heterocycles. The number of anilines is 1. The highest BCUT2D eigenvalue weighted by Crippen LogP contribution is 2.10. The monoisotopic (exact) mass is 232 g/mol. The molecule has 0 unspecified atom stereocenters. The Labute approximate surface area is 100 Å². The highest BCUT2D eigenvalue weighted by molar-refractivity contribution is 5.41. The second-order valence-corrected chi connectivity index (χ2v) is 3.72. The topological polar surface area (TPSA) is 52.0 Å². The van der Waals surface area contributed by atoms with E-state index in [1.54, 1.807) is 13.3 Å². The number of aromatic nitrogens is 3. The van der Waals surface area contributed by atoms with Gasteiger partial charge in [0, 0.05) is 38.5 Å². The number of methoxy groups -OCH3 is 1. The molecule has 0 aliphatic carbocycles. The first kappa shape index (κ1) is 11.4. The van der Waals surface area contributed by atoms with Crippen molar-refractivity contribution in [3.8, 4) is 5.88 Å². The van der Waals surface area contributed by atoms with Crippen molar-refractivity contribution in [1.29, 1.82) is 0 Å². The van der Waals surface area contributed by atoms with Crippen LogP contribution in [0, 0.1) is 0 Å². The van der Waals surface area contributed by atoms with Gasteiger partial charge in [-0.1, -0.05) is 0 Å². The average Bonchev–Trinajstić information content (AvgIpc) is 2.76. The van der Waals surface area contributed by atoms with Gasteiger partial charge in [0.15, 0.2) is 0 Å². The zero-order valence-electron chi connectivity index (χ0n) is 10.1. The highest BCUT2D eigenvalue weighted by atomic mass is 16.5. The molecule has 0 spiro atoms. The van der Waals surface area contributed by atoms with E-state index in [2.05, 4.69) is 15.3 Å². The van der Waals surface area contributed by atoms with Gasteiger partial charge in [-0.15, -0.1) is 0 Å². The van der Waals surface area contributed by atoms with Crippen LogP contribution in [0.5, 0.6) is 5.88 Å². The molecular formula is C12H16N4O. The number of rotatable bonds is 5. The van der Waals surface area contributed by atoms with Gasteiger partial charge in [0.05, 0.1) is 19.0 Å². The third-order valence-corrected chi connectivity index (χ3v) is 2.54. The molecule has 0 bridgehead atoms. The minimum atomic E-state index is 0.625. The predicted molar refractivity (Wildman–Crippen MR) is 66.2 cm³/mol. The van der Waals surface area contributed by atoms with E-state index in [-0.39, 0.29) is 0 Å². The zero-order valence-corrected chi connectivity index (χ0v) is 10.1. The van der Waals surface area contributed by atoms with Crippen LogP contribution in [-0.4, -0.2) is 28.2 Å². The molecule has 17 heavy (non-hydrogen) atoms. The third-order valence-electron chi connectivity index (χ3n) is 2.54. The molecule has 5 heteroatoms. The van der Waals surface area contributed by atoms with Crippen LogP contribution in [0.4, 0.5) is 5.69 Å². The van der Waals surface area contributed by atoms with Crippen molar-refractivity contribution in [3.05, 3.63) is 36.5 Å². The number of imidazole rings is 1.